The number of nitrogens with zero attached hydrogens (tertiary/aromatic N) is 1. The normalized spacial score (nSPS) is 12.9. The van der Waals surface area contributed by atoms with Crippen molar-refractivity contribution in [3.05, 3.63) is 29.3 Å². The van der Waals surface area contributed by atoms with Crippen molar-refractivity contribution < 1.29 is 22.7 Å². The molecule has 1 aromatic carbocycles. The van der Waals surface area contributed by atoms with Gasteiger partial charge < -0.3 is 15.4 Å². The number of alkyl halides is 3. The van der Waals surface area contributed by atoms with Crippen molar-refractivity contribution in [2.24, 2.45) is 5.73 Å². The first-order valence-electron chi connectivity index (χ1n) is 6.44. The Balaban J connectivity index is 3.09. The number of nitrogens with two attached hydrogens (primary N) is 1. The van der Waals surface area contributed by atoms with E-state index in [1.807, 2.05) is 0 Å². The van der Waals surface area contributed by atoms with Gasteiger partial charge in [-0.05, 0) is 37.6 Å². The van der Waals surface area contributed by atoms with Crippen LogP contribution in [0.2, 0.25) is 0 Å². The van der Waals surface area contributed by atoms with Crippen LogP contribution in [0.4, 0.5) is 13.2 Å². The Hall–Kier alpha value is -1.76. The molecule has 4 nitrogen and oxygen atoms in total. The van der Waals surface area contributed by atoms with Crippen LogP contribution in [0.5, 0.6) is 5.75 Å². The van der Waals surface area contributed by atoms with E-state index in [0.717, 1.165) is 6.07 Å². The molecule has 21 heavy (non-hydrogen) atoms. The van der Waals surface area contributed by atoms with Crippen molar-refractivity contribution in [1.29, 1.82) is 0 Å². The predicted octanol–water partition coefficient (Wildman–Crippen LogP) is 2.06. The van der Waals surface area contributed by atoms with E-state index in [4.69, 9.17) is 10.5 Å². The summed E-state index contributed by atoms with van der Waals surface area (Å²) in [5.41, 5.74) is 4.93. The fourth-order valence-electron chi connectivity index (χ4n) is 1.83. The Morgan fingerprint density at radius 1 is 1.38 bits per heavy atom. The number of carbonyl (C=O) groups excluding carboxylic acids is 1. The lowest BCUT2D eigenvalue weighted by atomic mass is 10.1. The van der Waals surface area contributed by atoms with Gasteiger partial charge in [0.05, 0.1) is 5.56 Å². The predicted molar refractivity (Wildman–Crippen MR) is 73.0 cm³/mol. The van der Waals surface area contributed by atoms with E-state index in [1.165, 1.54) is 38.1 Å². The molecule has 1 rings (SSSR count). The van der Waals surface area contributed by atoms with Gasteiger partial charge in [0, 0.05) is 14.1 Å². The summed E-state index contributed by atoms with van der Waals surface area (Å²) in [6.45, 7) is 1.67. The molecule has 0 radical (unpaired) electrons. The molecule has 1 amide bonds. The summed E-state index contributed by atoms with van der Waals surface area (Å²) in [5.74, 6) is -0.764. The molecule has 0 aliphatic heterocycles. The maximum absolute atomic E-state index is 13.1. The van der Waals surface area contributed by atoms with E-state index >= 15 is 0 Å². The Morgan fingerprint density at radius 3 is 2.48 bits per heavy atom. The molecule has 2 N–H and O–H groups in total. The maximum atomic E-state index is 13.1. The molecule has 0 fully saturated rings. The van der Waals surface area contributed by atoms with Gasteiger partial charge in [-0.1, -0.05) is 6.07 Å². The minimum atomic E-state index is -4.55. The lowest BCUT2D eigenvalue weighted by Gasteiger charge is -2.21. The quantitative estimate of drug-likeness (QED) is 0.906. The highest BCUT2D eigenvalue weighted by molar-refractivity contribution is 5.80. The number of rotatable bonds is 5. The van der Waals surface area contributed by atoms with Crippen LogP contribution in [0.1, 0.15) is 18.1 Å². The van der Waals surface area contributed by atoms with E-state index in [2.05, 4.69) is 0 Å². The second kappa shape index (κ2) is 6.80. The van der Waals surface area contributed by atoms with Gasteiger partial charge in [0.15, 0.2) is 6.10 Å². The highest BCUT2D eigenvalue weighted by atomic mass is 19.4. The van der Waals surface area contributed by atoms with Crippen LogP contribution in [0.3, 0.4) is 0 Å². The van der Waals surface area contributed by atoms with Gasteiger partial charge in [-0.25, -0.2) is 0 Å². The van der Waals surface area contributed by atoms with Crippen LogP contribution < -0.4 is 10.5 Å². The molecular formula is C14H19F3N2O2. The number of benzene rings is 1. The SMILES string of the molecule is CC(Oc1ccc(CCN)cc1C(F)(F)F)C(=O)N(C)C. The number of halogens is 3. The topological polar surface area (TPSA) is 55.6 Å². The molecule has 0 aliphatic rings. The van der Waals surface area contributed by atoms with Crippen LogP contribution >= 0.6 is 0 Å². The first-order valence-corrected chi connectivity index (χ1v) is 6.44. The van der Waals surface area contributed by atoms with E-state index in [0.29, 0.717) is 12.0 Å². The molecule has 0 saturated heterocycles. The van der Waals surface area contributed by atoms with Crippen molar-refractivity contribution in [2.45, 2.75) is 25.6 Å². The number of carbonyl (C=O) groups is 1. The molecule has 0 saturated carbocycles. The van der Waals surface area contributed by atoms with Crippen molar-refractivity contribution in [2.75, 3.05) is 20.6 Å². The van der Waals surface area contributed by atoms with Crippen molar-refractivity contribution in [1.82, 2.24) is 4.90 Å². The Kier molecular flexibility index (Phi) is 5.60. The van der Waals surface area contributed by atoms with Crippen LogP contribution in [-0.2, 0) is 17.4 Å². The molecule has 0 spiro atoms. The van der Waals surface area contributed by atoms with Gasteiger partial charge in [-0.2, -0.15) is 13.2 Å². The molecule has 1 atom stereocenters. The number of amides is 1. The Morgan fingerprint density at radius 2 is 2.00 bits per heavy atom. The zero-order chi connectivity index (χ0) is 16.2. The summed E-state index contributed by atoms with van der Waals surface area (Å²) in [4.78, 5) is 12.9. The minimum Gasteiger partial charge on any atom is -0.480 e. The average Bonchev–Trinajstić information content (AvgIpc) is 2.38. The zero-order valence-corrected chi connectivity index (χ0v) is 12.2. The summed E-state index contributed by atoms with van der Waals surface area (Å²) in [5, 5.41) is 0. The van der Waals surface area contributed by atoms with Crippen LogP contribution in [0.25, 0.3) is 0 Å². The fraction of sp³-hybridized carbons (Fsp3) is 0.500. The maximum Gasteiger partial charge on any atom is 0.419 e. The van der Waals surface area contributed by atoms with Gasteiger partial charge in [-0.15, -0.1) is 0 Å². The first-order chi connectivity index (χ1) is 9.66. The molecule has 0 heterocycles. The third-order valence-corrected chi connectivity index (χ3v) is 2.87. The Bertz CT molecular complexity index is 501. The molecule has 1 aromatic rings. The Labute approximate surface area is 121 Å². The summed E-state index contributed by atoms with van der Waals surface area (Å²) in [6.07, 6.45) is -5.21. The molecular weight excluding hydrogens is 285 g/mol. The third kappa shape index (κ3) is 4.63. The summed E-state index contributed by atoms with van der Waals surface area (Å²) in [6, 6.07) is 3.76. The first kappa shape index (κ1) is 17.3. The molecule has 0 aromatic heterocycles. The highest BCUT2D eigenvalue weighted by Gasteiger charge is 2.35. The third-order valence-electron chi connectivity index (χ3n) is 2.87. The zero-order valence-electron chi connectivity index (χ0n) is 12.2. The number of ether oxygens (including phenoxy) is 1. The van der Waals surface area contributed by atoms with E-state index in [9.17, 15) is 18.0 Å². The average molecular weight is 304 g/mol. The van der Waals surface area contributed by atoms with E-state index in [-0.39, 0.29) is 12.3 Å². The van der Waals surface area contributed by atoms with Crippen molar-refractivity contribution >= 4 is 5.91 Å². The number of hydrogen-bond acceptors (Lipinski definition) is 3. The lowest BCUT2D eigenvalue weighted by Crippen LogP contribution is -2.35. The number of likely N-dealkylation sites (N-methyl/N-ethyl adjacent to an activating group) is 1. The largest absolute Gasteiger partial charge is 0.480 e. The summed E-state index contributed by atoms with van der Waals surface area (Å²) in [7, 11) is 3.02. The molecule has 118 valence electrons. The van der Waals surface area contributed by atoms with Gasteiger partial charge >= 0.3 is 6.18 Å². The fourth-order valence-corrected chi connectivity index (χ4v) is 1.83. The van der Waals surface area contributed by atoms with Gasteiger partial charge in [-0.3, -0.25) is 4.79 Å². The van der Waals surface area contributed by atoms with Crippen LogP contribution in [0.15, 0.2) is 18.2 Å². The number of hydrogen-bond donors (Lipinski definition) is 1. The van der Waals surface area contributed by atoms with Crippen LogP contribution in [0, 0.1) is 0 Å². The van der Waals surface area contributed by atoms with Gasteiger partial charge in [0.2, 0.25) is 0 Å². The highest BCUT2D eigenvalue weighted by Crippen LogP contribution is 2.37. The second-order valence-electron chi connectivity index (χ2n) is 4.86. The standard InChI is InChI=1S/C14H19F3N2O2/c1-9(13(20)19(2)3)21-12-5-4-10(6-7-18)8-11(12)14(15,16)17/h4-5,8-9H,6-7,18H2,1-3H3. The molecule has 7 heteroatoms. The molecule has 0 bridgehead atoms. The smallest absolute Gasteiger partial charge is 0.419 e. The van der Waals surface area contributed by atoms with Crippen LogP contribution in [-0.4, -0.2) is 37.6 Å². The van der Waals surface area contributed by atoms with Gasteiger partial charge in [0.1, 0.15) is 5.75 Å². The summed E-state index contributed by atoms with van der Waals surface area (Å²) < 4.78 is 44.4. The summed E-state index contributed by atoms with van der Waals surface area (Å²) >= 11 is 0. The van der Waals surface area contributed by atoms with E-state index < -0.39 is 23.8 Å². The van der Waals surface area contributed by atoms with Crippen molar-refractivity contribution in [3.8, 4) is 5.75 Å². The molecule has 1 unspecified atom stereocenters. The minimum absolute atomic E-state index is 0.257. The monoisotopic (exact) mass is 304 g/mol. The van der Waals surface area contributed by atoms with Crippen molar-refractivity contribution in [3.63, 3.8) is 0 Å². The van der Waals surface area contributed by atoms with Gasteiger partial charge in [0.25, 0.3) is 5.91 Å². The lowest BCUT2D eigenvalue weighted by molar-refractivity contribution is -0.142. The van der Waals surface area contributed by atoms with E-state index in [1.54, 1.807) is 0 Å². The second-order valence-corrected chi connectivity index (χ2v) is 4.86. The molecule has 0 aliphatic carbocycles.